The Morgan fingerprint density at radius 3 is 2.57 bits per heavy atom. The van der Waals surface area contributed by atoms with E-state index in [9.17, 15) is 15.0 Å². The summed E-state index contributed by atoms with van der Waals surface area (Å²) in [5, 5.41) is 27.1. The number of nitrogens with two attached hydrogens (primary N) is 1. The van der Waals surface area contributed by atoms with Gasteiger partial charge in [0.2, 0.25) is 0 Å². The van der Waals surface area contributed by atoms with Crippen LogP contribution in [-0.2, 0) is 0 Å². The van der Waals surface area contributed by atoms with E-state index in [1.807, 2.05) is 0 Å². The molecule has 1 amide bonds. The third-order valence-electron chi connectivity index (χ3n) is 1.90. The molecule has 6 heteroatoms. The van der Waals surface area contributed by atoms with E-state index in [1.54, 1.807) is 0 Å². The van der Waals surface area contributed by atoms with E-state index in [0.29, 0.717) is 0 Å². The van der Waals surface area contributed by atoms with Gasteiger partial charge in [-0.05, 0) is 6.92 Å². The number of aromatic hydroxyl groups is 2. The van der Waals surface area contributed by atoms with Crippen molar-refractivity contribution in [3.05, 3.63) is 17.2 Å². The molecule has 6 N–H and O–H groups in total. The number of benzene rings is 1. The zero-order chi connectivity index (χ0) is 10.9. The van der Waals surface area contributed by atoms with E-state index in [4.69, 9.17) is 10.9 Å². The molecule has 0 atom stereocenters. The number of hydrogen-bond acceptors (Lipinski definition) is 5. The number of carbonyl (C=O) groups excluding carboxylic acids is 1. The van der Waals surface area contributed by atoms with Crippen LogP contribution in [0.5, 0.6) is 11.5 Å². The second kappa shape index (κ2) is 3.43. The van der Waals surface area contributed by atoms with Crippen LogP contribution >= 0.6 is 0 Å². The quantitative estimate of drug-likeness (QED) is 0.249. The van der Waals surface area contributed by atoms with Gasteiger partial charge in [0.15, 0.2) is 0 Å². The molecule has 1 aromatic carbocycles. The highest BCUT2D eigenvalue weighted by Gasteiger charge is 2.19. The number of hydrogen-bond donors (Lipinski definition) is 5. The van der Waals surface area contributed by atoms with Crippen molar-refractivity contribution in [2.24, 2.45) is 0 Å². The van der Waals surface area contributed by atoms with Crippen molar-refractivity contribution >= 4 is 11.6 Å². The zero-order valence-corrected chi connectivity index (χ0v) is 7.40. The fourth-order valence-electron chi connectivity index (χ4n) is 1.05. The van der Waals surface area contributed by atoms with Crippen LogP contribution in [0.4, 0.5) is 5.69 Å². The first-order chi connectivity index (χ1) is 6.49. The predicted octanol–water partition coefficient (Wildman–Crippen LogP) is 0.107. The van der Waals surface area contributed by atoms with Crippen molar-refractivity contribution in [1.29, 1.82) is 0 Å². The minimum absolute atomic E-state index is 0.162. The third-order valence-corrected chi connectivity index (χ3v) is 1.90. The maximum absolute atomic E-state index is 11.0. The van der Waals surface area contributed by atoms with Gasteiger partial charge in [-0.3, -0.25) is 10.0 Å². The summed E-state index contributed by atoms with van der Waals surface area (Å²) >= 11 is 0. The average molecular weight is 198 g/mol. The van der Waals surface area contributed by atoms with Crippen LogP contribution < -0.4 is 11.2 Å². The summed E-state index contributed by atoms with van der Waals surface area (Å²) in [7, 11) is 0. The topological polar surface area (TPSA) is 116 Å². The Morgan fingerprint density at radius 2 is 2.07 bits per heavy atom. The lowest BCUT2D eigenvalue weighted by Crippen LogP contribution is -2.19. The molecule has 0 aliphatic rings. The van der Waals surface area contributed by atoms with E-state index in [0.717, 1.165) is 6.07 Å². The Morgan fingerprint density at radius 1 is 1.50 bits per heavy atom. The fraction of sp³-hybridized carbons (Fsp3) is 0.125. The highest BCUT2D eigenvalue weighted by molar-refractivity contribution is 6.00. The molecular formula is C8H10N2O4. The first-order valence-corrected chi connectivity index (χ1v) is 3.74. The number of rotatable bonds is 1. The molecule has 1 aromatic rings. The van der Waals surface area contributed by atoms with Crippen molar-refractivity contribution in [3.8, 4) is 11.5 Å². The maximum atomic E-state index is 11.0. The van der Waals surface area contributed by atoms with Gasteiger partial charge in [-0.15, -0.1) is 0 Å². The second-order valence-electron chi connectivity index (χ2n) is 2.77. The molecule has 0 heterocycles. The van der Waals surface area contributed by atoms with Gasteiger partial charge >= 0.3 is 0 Å². The van der Waals surface area contributed by atoms with Gasteiger partial charge < -0.3 is 15.9 Å². The van der Waals surface area contributed by atoms with Crippen LogP contribution in [0.15, 0.2) is 6.07 Å². The average Bonchev–Trinajstić information content (AvgIpc) is 2.14. The maximum Gasteiger partial charge on any atom is 0.282 e. The Bertz CT molecular complexity index is 389. The standard InChI is InChI=1S/C8H10N2O4/c1-3-4(9)2-5(11)6(7(3)12)8(13)10-14/h2,11-12,14H,9H2,1H3,(H,10,13). The first kappa shape index (κ1) is 10.1. The van der Waals surface area contributed by atoms with Gasteiger partial charge in [-0.2, -0.15) is 0 Å². The molecule has 0 spiro atoms. The molecule has 14 heavy (non-hydrogen) atoms. The van der Waals surface area contributed by atoms with Gasteiger partial charge in [-0.25, -0.2) is 5.48 Å². The molecule has 0 bridgehead atoms. The Kier molecular flexibility index (Phi) is 2.48. The number of nitrogens with one attached hydrogen (secondary N) is 1. The number of nitrogen functional groups attached to an aromatic ring is 1. The number of amides is 1. The molecule has 1 rings (SSSR count). The molecular weight excluding hydrogens is 188 g/mol. The predicted molar refractivity (Wildman–Crippen MR) is 48.2 cm³/mol. The van der Waals surface area contributed by atoms with Crippen LogP contribution in [0, 0.1) is 6.92 Å². The van der Waals surface area contributed by atoms with Crippen LogP contribution in [0.2, 0.25) is 0 Å². The van der Waals surface area contributed by atoms with Crippen molar-refractivity contribution in [2.75, 3.05) is 5.73 Å². The second-order valence-corrected chi connectivity index (χ2v) is 2.77. The van der Waals surface area contributed by atoms with Crippen molar-refractivity contribution < 1.29 is 20.2 Å². The SMILES string of the molecule is Cc1c(N)cc(O)c(C(=O)NO)c1O. The minimum Gasteiger partial charge on any atom is -0.507 e. The molecule has 6 nitrogen and oxygen atoms in total. The molecule has 0 aliphatic carbocycles. The molecule has 76 valence electrons. The fourth-order valence-corrected chi connectivity index (χ4v) is 1.05. The van der Waals surface area contributed by atoms with Crippen molar-refractivity contribution in [2.45, 2.75) is 6.92 Å². The van der Waals surface area contributed by atoms with Gasteiger partial charge in [-0.1, -0.05) is 0 Å². The van der Waals surface area contributed by atoms with E-state index in [1.165, 1.54) is 12.4 Å². The molecule has 0 aliphatic heterocycles. The summed E-state index contributed by atoms with van der Waals surface area (Å²) in [5.41, 5.74) is 6.75. The lowest BCUT2D eigenvalue weighted by molar-refractivity contribution is 0.0700. The number of phenolic OH excluding ortho intramolecular Hbond substituents is 2. The summed E-state index contributed by atoms with van der Waals surface area (Å²) in [6, 6.07) is 1.12. The zero-order valence-electron chi connectivity index (χ0n) is 7.40. The van der Waals surface area contributed by atoms with Gasteiger partial charge in [0.1, 0.15) is 17.1 Å². The number of carbonyl (C=O) groups is 1. The lowest BCUT2D eigenvalue weighted by Gasteiger charge is -2.09. The number of phenols is 2. The van der Waals surface area contributed by atoms with Crippen molar-refractivity contribution in [1.82, 2.24) is 5.48 Å². The molecule has 0 aromatic heterocycles. The van der Waals surface area contributed by atoms with E-state index < -0.39 is 23.0 Å². The van der Waals surface area contributed by atoms with Crippen molar-refractivity contribution in [3.63, 3.8) is 0 Å². The minimum atomic E-state index is -0.997. The van der Waals surface area contributed by atoms with Gasteiger partial charge in [0.05, 0.1) is 0 Å². The Hall–Kier alpha value is -1.95. The third kappa shape index (κ3) is 1.42. The summed E-state index contributed by atoms with van der Waals surface area (Å²) in [4.78, 5) is 11.0. The number of anilines is 1. The lowest BCUT2D eigenvalue weighted by atomic mass is 10.1. The molecule has 0 unspecified atom stereocenters. The van der Waals surface area contributed by atoms with Gasteiger partial charge in [0.25, 0.3) is 5.91 Å². The summed E-state index contributed by atoms with van der Waals surface area (Å²) in [6.07, 6.45) is 0. The van der Waals surface area contributed by atoms with E-state index >= 15 is 0 Å². The molecule has 0 saturated heterocycles. The summed E-state index contributed by atoms with van der Waals surface area (Å²) in [6.45, 7) is 1.48. The van der Waals surface area contributed by atoms with E-state index in [2.05, 4.69) is 0 Å². The number of hydroxylamine groups is 1. The Labute approximate surface area is 79.5 Å². The van der Waals surface area contributed by atoms with Gasteiger partial charge in [0, 0.05) is 17.3 Å². The van der Waals surface area contributed by atoms with Crippen LogP contribution in [0.3, 0.4) is 0 Å². The highest BCUT2D eigenvalue weighted by Crippen LogP contribution is 2.34. The smallest absolute Gasteiger partial charge is 0.282 e. The first-order valence-electron chi connectivity index (χ1n) is 3.74. The monoisotopic (exact) mass is 198 g/mol. The molecule has 0 radical (unpaired) electrons. The normalized spacial score (nSPS) is 9.86. The highest BCUT2D eigenvalue weighted by atomic mass is 16.5. The van der Waals surface area contributed by atoms with Crippen LogP contribution in [-0.4, -0.2) is 21.3 Å². The summed E-state index contributed by atoms with van der Waals surface area (Å²) < 4.78 is 0. The Balaban J connectivity index is 3.44. The van der Waals surface area contributed by atoms with Crippen LogP contribution in [0.1, 0.15) is 15.9 Å². The largest absolute Gasteiger partial charge is 0.507 e. The molecule has 0 fully saturated rings. The molecule has 0 saturated carbocycles. The van der Waals surface area contributed by atoms with Crippen LogP contribution in [0.25, 0.3) is 0 Å². The summed E-state index contributed by atoms with van der Waals surface area (Å²) in [5.74, 6) is -1.94. The van der Waals surface area contributed by atoms with E-state index in [-0.39, 0.29) is 11.3 Å².